The van der Waals surface area contributed by atoms with Gasteiger partial charge in [-0.2, -0.15) is 0 Å². The summed E-state index contributed by atoms with van der Waals surface area (Å²) in [6, 6.07) is 0. The molecule has 0 amide bonds. The molecular formula is C16H25Br. The summed E-state index contributed by atoms with van der Waals surface area (Å²) in [4.78, 5) is 0. The molecule has 17 heavy (non-hydrogen) atoms. The van der Waals surface area contributed by atoms with Crippen LogP contribution in [0.25, 0.3) is 0 Å². The van der Waals surface area contributed by atoms with E-state index in [0.29, 0.717) is 0 Å². The van der Waals surface area contributed by atoms with Crippen molar-refractivity contribution in [2.75, 3.05) is 5.33 Å². The van der Waals surface area contributed by atoms with Crippen LogP contribution in [0.15, 0.2) is 11.6 Å². The molecule has 0 spiro atoms. The summed E-state index contributed by atoms with van der Waals surface area (Å²) in [5.74, 6) is 3.34. The highest BCUT2D eigenvalue weighted by Crippen LogP contribution is 2.61. The van der Waals surface area contributed by atoms with Crippen LogP contribution in [0, 0.1) is 23.2 Å². The number of hydrogen-bond acceptors (Lipinski definition) is 0. The van der Waals surface area contributed by atoms with Crippen LogP contribution in [0.3, 0.4) is 0 Å². The second kappa shape index (κ2) is 4.72. The zero-order chi connectivity index (χ0) is 11.9. The first-order valence-electron chi connectivity index (χ1n) is 7.41. The minimum atomic E-state index is 0.774. The first-order valence-corrected chi connectivity index (χ1v) is 8.53. The number of halogens is 1. The van der Waals surface area contributed by atoms with Gasteiger partial charge in [-0.05, 0) is 81.5 Å². The number of alkyl halides is 1. The summed E-state index contributed by atoms with van der Waals surface area (Å²) < 4.78 is 0. The molecule has 0 aromatic carbocycles. The maximum atomic E-state index is 3.51. The highest BCUT2D eigenvalue weighted by Gasteiger charge is 2.50. The molecule has 1 heteroatoms. The van der Waals surface area contributed by atoms with Gasteiger partial charge in [0, 0.05) is 5.33 Å². The van der Waals surface area contributed by atoms with Gasteiger partial charge < -0.3 is 0 Å². The average molecular weight is 297 g/mol. The van der Waals surface area contributed by atoms with Crippen molar-refractivity contribution >= 4 is 15.9 Å². The van der Waals surface area contributed by atoms with Crippen molar-refractivity contribution in [3.8, 4) is 0 Å². The van der Waals surface area contributed by atoms with E-state index in [2.05, 4.69) is 28.9 Å². The quantitative estimate of drug-likeness (QED) is 0.486. The van der Waals surface area contributed by atoms with E-state index in [9.17, 15) is 0 Å². The van der Waals surface area contributed by atoms with Crippen LogP contribution in [-0.4, -0.2) is 5.33 Å². The second-order valence-electron chi connectivity index (χ2n) is 7.12. The van der Waals surface area contributed by atoms with Gasteiger partial charge in [0.15, 0.2) is 0 Å². The van der Waals surface area contributed by atoms with Gasteiger partial charge in [0.25, 0.3) is 0 Å². The number of allylic oxidation sites excluding steroid dienone is 2. The minimum Gasteiger partial charge on any atom is -0.0883 e. The summed E-state index contributed by atoms with van der Waals surface area (Å²) in [7, 11) is 0. The fourth-order valence-electron chi connectivity index (χ4n) is 5.29. The Bertz CT molecular complexity index is 280. The first-order chi connectivity index (χ1) is 8.19. The van der Waals surface area contributed by atoms with Crippen LogP contribution in [0.1, 0.15) is 58.3 Å². The van der Waals surface area contributed by atoms with Gasteiger partial charge >= 0.3 is 0 Å². The van der Waals surface area contributed by atoms with Crippen LogP contribution in [0.2, 0.25) is 0 Å². The molecule has 4 bridgehead atoms. The Balaban J connectivity index is 1.64. The molecular weight excluding hydrogens is 272 g/mol. The molecule has 4 saturated carbocycles. The molecule has 0 heterocycles. The molecule has 0 radical (unpaired) electrons. The highest BCUT2D eigenvalue weighted by molar-refractivity contribution is 9.09. The lowest BCUT2D eigenvalue weighted by Gasteiger charge is -2.57. The van der Waals surface area contributed by atoms with E-state index in [1.54, 1.807) is 44.1 Å². The van der Waals surface area contributed by atoms with Crippen molar-refractivity contribution < 1.29 is 0 Å². The van der Waals surface area contributed by atoms with Crippen molar-refractivity contribution in [2.24, 2.45) is 23.2 Å². The van der Waals surface area contributed by atoms with Gasteiger partial charge in [-0.15, -0.1) is 0 Å². The molecule has 4 rings (SSSR count). The molecule has 96 valence electrons. The normalized spacial score (nSPS) is 44.4. The standard InChI is InChI=1S/C16H25Br/c1-12(3-5-17)2-4-16-9-13-6-14(10-16)8-15(7-13)11-16/h3,13-15H,2,4-11H2,1H3/b12-3+. The Morgan fingerprint density at radius 2 is 1.65 bits per heavy atom. The molecule has 0 nitrogen and oxygen atoms in total. The predicted octanol–water partition coefficient (Wildman–Crippen LogP) is 5.32. The SMILES string of the molecule is C/C(=C\CBr)CCC12CC3CC(CC(C3)C1)C2. The van der Waals surface area contributed by atoms with E-state index in [1.165, 1.54) is 12.8 Å². The molecule has 0 aliphatic heterocycles. The number of rotatable bonds is 4. The minimum absolute atomic E-state index is 0.774. The summed E-state index contributed by atoms with van der Waals surface area (Å²) in [5.41, 5.74) is 2.37. The first kappa shape index (κ1) is 12.3. The topological polar surface area (TPSA) is 0 Å². The van der Waals surface area contributed by atoms with Crippen LogP contribution in [0.5, 0.6) is 0 Å². The van der Waals surface area contributed by atoms with Crippen molar-refractivity contribution in [2.45, 2.75) is 58.3 Å². The Labute approximate surface area is 114 Å². The van der Waals surface area contributed by atoms with E-state index in [0.717, 1.165) is 28.5 Å². The summed E-state index contributed by atoms with van der Waals surface area (Å²) in [6.07, 6.45) is 14.6. The number of hydrogen-bond donors (Lipinski definition) is 0. The van der Waals surface area contributed by atoms with Gasteiger partial charge in [0.2, 0.25) is 0 Å². The molecule has 0 aromatic rings. The summed E-state index contributed by atoms with van der Waals surface area (Å²) in [5, 5.41) is 1.03. The summed E-state index contributed by atoms with van der Waals surface area (Å²) >= 11 is 3.51. The monoisotopic (exact) mass is 296 g/mol. The van der Waals surface area contributed by atoms with Crippen molar-refractivity contribution in [3.63, 3.8) is 0 Å². The molecule has 0 N–H and O–H groups in total. The van der Waals surface area contributed by atoms with E-state index < -0.39 is 0 Å². The maximum Gasteiger partial charge on any atom is 0.0214 e. The zero-order valence-corrected chi connectivity index (χ0v) is 12.6. The summed E-state index contributed by atoms with van der Waals surface area (Å²) in [6.45, 7) is 2.31. The Morgan fingerprint density at radius 3 is 2.12 bits per heavy atom. The molecule has 0 unspecified atom stereocenters. The predicted molar refractivity (Wildman–Crippen MR) is 77.4 cm³/mol. The van der Waals surface area contributed by atoms with Gasteiger partial charge in [-0.3, -0.25) is 0 Å². The lowest BCUT2D eigenvalue weighted by Crippen LogP contribution is -2.45. The van der Waals surface area contributed by atoms with E-state index in [-0.39, 0.29) is 0 Å². The third-order valence-electron chi connectivity index (χ3n) is 5.64. The maximum absolute atomic E-state index is 3.51. The van der Waals surface area contributed by atoms with E-state index in [4.69, 9.17) is 0 Å². The van der Waals surface area contributed by atoms with E-state index >= 15 is 0 Å². The smallest absolute Gasteiger partial charge is 0.0214 e. The molecule has 4 aliphatic carbocycles. The Hall–Kier alpha value is 0.220. The van der Waals surface area contributed by atoms with Crippen LogP contribution in [0.4, 0.5) is 0 Å². The molecule has 0 aromatic heterocycles. The Morgan fingerprint density at radius 1 is 1.12 bits per heavy atom. The Kier molecular flexibility index (Phi) is 3.40. The van der Waals surface area contributed by atoms with Gasteiger partial charge in [-0.1, -0.05) is 27.6 Å². The van der Waals surface area contributed by atoms with Crippen molar-refractivity contribution in [3.05, 3.63) is 11.6 Å². The largest absolute Gasteiger partial charge is 0.0883 e. The third kappa shape index (κ3) is 2.50. The van der Waals surface area contributed by atoms with Gasteiger partial charge in [0.05, 0.1) is 0 Å². The van der Waals surface area contributed by atoms with Gasteiger partial charge in [0.1, 0.15) is 0 Å². The second-order valence-corrected chi connectivity index (χ2v) is 7.77. The highest BCUT2D eigenvalue weighted by atomic mass is 79.9. The van der Waals surface area contributed by atoms with E-state index in [1.807, 2.05) is 0 Å². The third-order valence-corrected chi connectivity index (χ3v) is 5.96. The van der Waals surface area contributed by atoms with Crippen LogP contribution < -0.4 is 0 Å². The fourth-order valence-corrected chi connectivity index (χ4v) is 5.84. The molecule has 4 aliphatic rings. The zero-order valence-electron chi connectivity index (χ0n) is 11.1. The molecule has 4 fully saturated rings. The van der Waals surface area contributed by atoms with Crippen LogP contribution >= 0.6 is 15.9 Å². The average Bonchev–Trinajstić information content (AvgIpc) is 2.25. The van der Waals surface area contributed by atoms with Crippen molar-refractivity contribution in [1.82, 2.24) is 0 Å². The lowest BCUT2D eigenvalue weighted by atomic mass is 9.48. The van der Waals surface area contributed by atoms with Crippen LogP contribution in [-0.2, 0) is 0 Å². The van der Waals surface area contributed by atoms with Gasteiger partial charge in [-0.25, -0.2) is 0 Å². The fraction of sp³-hybridized carbons (Fsp3) is 0.875. The lowest BCUT2D eigenvalue weighted by molar-refractivity contribution is -0.0569. The van der Waals surface area contributed by atoms with Crippen molar-refractivity contribution in [1.29, 1.82) is 0 Å². The molecule has 0 atom stereocenters. The molecule has 0 saturated heterocycles.